The Morgan fingerprint density at radius 1 is 1.24 bits per heavy atom. The van der Waals surface area contributed by atoms with Crippen LogP contribution in [0.3, 0.4) is 0 Å². The zero-order valence-electron chi connectivity index (χ0n) is 21.0. The zero-order chi connectivity index (χ0) is 26.6. The van der Waals surface area contributed by atoms with Crippen molar-refractivity contribution in [2.45, 2.75) is 56.3 Å². The third-order valence-corrected chi connectivity index (χ3v) is 7.97. The molecule has 4 rings (SSSR count). The summed E-state index contributed by atoms with van der Waals surface area (Å²) in [6.45, 7) is 8.23. The van der Waals surface area contributed by atoms with E-state index in [0.29, 0.717) is 55.8 Å². The van der Waals surface area contributed by atoms with Crippen LogP contribution in [0, 0.1) is 11.8 Å². The number of para-hydroxylation sites is 1. The Kier molecular flexibility index (Phi) is 8.72. The van der Waals surface area contributed by atoms with Gasteiger partial charge in [-0.05, 0) is 50.7 Å². The molecule has 2 amide bonds. The van der Waals surface area contributed by atoms with Crippen molar-refractivity contribution in [3.63, 3.8) is 0 Å². The summed E-state index contributed by atoms with van der Waals surface area (Å²) in [5, 5.41) is 9.60. The van der Waals surface area contributed by atoms with Crippen molar-refractivity contribution in [2.75, 3.05) is 31.2 Å². The van der Waals surface area contributed by atoms with Crippen molar-refractivity contribution in [3.8, 4) is 0 Å². The largest absolute Gasteiger partial charge is 0.465 e. The van der Waals surface area contributed by atoms with Crippen LogP contribution in [0.15, 0.2) is 49.6 Å². The second kappa shape index (κ2) is 11.8. The fourth-order valence-corrected chi connectivity index (χ4v) is 6.34. The molecule has 0 aromatic heterocycles. The third kappa shape index (κ3) is 4.94. The molecule has 0 radical (unpaired) electrons. The molecule has 1 spiro atoms. The Balaban J connectivity index is 1.70. The van der Waals surface area contributed by atoms with E-state index in [1.165, 1.54) is 4.90 Å². The third-order valence-electron chi connectivity index (χ3n) is 7.65. The molecular formula is C28H35ClN2O6. The Morgan fingerprint density at radius 2 is 2.03 bits per heavy atom. The predicted octanol–water partition coefficient (Wildman–Crippen LogP) is 3.52. The lowest BCUT2D eigenvalue weighted by Crippen LogP contribution is -2.56. The summed E-state index contributed by atoms with van der Waals surface area (Å²) in [4.78, 5) is 44.5. The van der Waals surface area contributed by atoms with E-state index >= 15 is 0 Å². The van der Waals surface area contributed by atoms with Crippen LogP contribution in [0.25, 0.3) is 0 Å². The van der Waals surface area contributed by atoms with E-state index in [1.54, 1.807) is 41.3 Å². The number of anilines is 1. The lowest BCUT2D eigenvalue weighted by atomic mass is 9.70. The summed E-state index contributed by atoms with van der Waals surface area (Å²) in [5.74, 6) is -2.57. The first-order valence-corrected chi connectivity index (χ1v) is 13.3. The van der Waals surface area contributed by atoms with E-state index in [2.05, 4.69) is 13.2 Å². The number of esters is 1. The number of hydrogen-bond donors (Lipinski definition) is 1. The molecular weight excluding hydrogens is 496 g/mol. The number of carbonyl (C=O) groups excluding carboxylic acids is 3. The highest BCUT2D eigenvalue weighted by Crippen LogP contribution is 2.59. The number of aliphatic hydroxyl groups is 1. The smallest absolute Gasteiger partial charge is 0.312 e. The molecule has 2 bridgehead atoms. The number of hydrogen-bond acceptors (Lipinski definition) is 6. The van der Waals surface area contributed by atoms with Gasteiger partial charge in [0.25, 0.3) is 5.91 Å². The quantitative estimate of drug-likeness (QED) is 0.238. The molecule has 1 aromatic rings. The molecule has 3 saturated heterocycles. The van der Waals surface area contributed by atoms with Crippen molar-refractivity contribution in [2.24, 2.45) is 11.8 Å². The molecule has 200 valence electrons. The first-order valence-electron chi connectivity index (χ1n) is 12.9. The van der Waals surface area contributed by atoms with Gasteiger partial charge in [0.05, 0.1) is 35.3 Å². The van der Waals surface area contributed by atoms with Gasteiger partial charge in [0, 0.05) is 19.7 Å². The van der Waals surface area contributed by atoms with E-state index in [0.717, 1.165) is 0 Å². The van der Waals surface area contributed by atoms with Gasteiger partial charge in [0.15, 0.2) is 0 Å². The van der Waals surface area contributed by atoms with Crippen LogP contribution in [0.1, 0.15) is 38.5 Å². The highest BCUT2D eigenvalue weighted by Gasteiger charge is 2.75. The summed E-state index contributed by atoms with van der Waals surface area (Å²) in [6, 6.07) is 6.14. The molecule has 0 aliphatic carbocycles. The summed E-state index contributed by atoms with van der Waals surface area (Å²) < 4.78 is 11.9. The summed E-state index contributed by atoms with van der Waals surface area (Å²) >= 11 is 6.47. The lowest BCUT2D eigenvalue weighted by molar-refractivity contribution is -0.155. The van der Waals surface area contributed by atoms with Crippen molar-refractivity contribution < 1.29 is 29.0 Å². The molecule has 9 heteroatoms. The molecule has 1 aromatic carbocycles. The number of unbranched alkanes of at least 4 members (excludes halogenated alkanes) is 2. The van der Waals surface area contributed by atoms with Gasteiger partial charge >= 0.3 is 5.97 Å². The lowest BCUT2D eigenvalue weighted by Gasteiger charge is -2.37. The molecule has 3 heterocycles. The summed E-state index contributed by atoms with van der Waals surface area (Å²) in [7, 11) is 0. The van der Waals surface area contributed by atoms with Gasteiger partial charge in [-0.25, -0.2) is 0 Å². The van der Waals surface area contributed by atoms with E-state index < -0.39 is 35.6 Å². The van der Waals surface area contributed by atoms with Crippen molar-refractivity contribution in [3.05, 3.63) is 54.6 Å². The number of nitrogens with zero attached hydrogens (tertiary/aromatic N) is 2. The molecule has 3 aliphatic heterocycles. The van der Waals surface area contributed by atoms with E-state index in [4.69, 9.17) is 21.1 Å². The highest BCUT2D eigenvalue weighted by molar-refractivity contribution is 6.34. The maximum Gasteiger partial charge on any atom is 0.312 e. The van der Waals surface area contributed by atoms with E-state index in [1.807, 2.05) is 0 Å². The average Bonchev–Trinajstić information content (AvgIpc) is 3.53. The molecule has 1 N–H and O–H groups in total. The SMILES string of the molecule is C=CCCOC(=O)[C@@H]1[C@H]2C(=O)N(CCCCCO)C(C(=O)N(CC=C)c3ccccc3Cl)C23CC[C@H]1O3. The number of benzene rings is 1. The van der Waals surface area contributed by atoms with Gasteiger partial charge in [-0.2, -0.15) is 0 Å². The van der Waals surface area contributed by atoms with Gasteiger partial charge in [-0.1, -0.05) is 35.9 Å². The molecule has 37 heavy (non-hydrogen) atoms. The van der Waals surface area contributed by atoms with Crippen LogP contribution in [0.2, 0.25) is 5.02 Å². The van der Waals surface area contributed by atoms with Crippen LogP contribution in [0.4, 0.5) is 5.69 Å². The van der Waals surface area contributed by atoms with Crippen LogP contribution in [-0.4, -0.2) is 71.8 Å². The predicted molar refractivity (Wildman–Crippen MR) is 140 cm³/mol. The van der Waals surface area contributed by atoms with Crippen molar-refractivity contribution >= 4 is 35.1 Å². The fraction of sp³-hybridized carbons (Fsp3) is 0.536. The number of fused-ring (bicyclic) bond motifs is 1. The minimum atomic E-state index is -1.11. The highest BCUT2D eigenvalue weighted by atomic mass is 35.5. The van der Waals surface area contributed by atoms with Gasteiger partial charge in [-0.3, -0.25) is 14.4 Å². The maximum absolute atomic E-state index is 14.3. The summed E-state index contributed by atoms with van der Waals surface area (Å²) in [6.07, 6.45) is 6.32. The Labute approximate surface area is 222 Å². The Morgan fingerprint density at radius 3 is 2.73 bits per heavy atom. The summed E-state index contributed by atoms with van der Waals surface area (Å²) in [5.41, 5.74) is -0.590. The Hall–Kier alpha value is -2.68. The molecule has 3 fully saturated rings. The first kappa shape index (κ1) is 27.4. The zero-order valence-corrected chi connectivity index (χ0v) is 21.8. The molecule has 2 unspecified atom stereocenters. The first-order chi connectivity index (χ1) is 17.9. The van der Waals surface area contributed by atoms with E-state index in [-0.39, 0.29) is 31.6 Å². The topological polar surface area (TPSA) is 96.4 Å². The van der Waals surface area contributed by atoms with Gasteiger partial charge in [-0.15, -0.1) is 13.2 Å². The number of likely N-dealkylation sites (tertiary alicyclic amines) is 1. The Bertz CT molecular complexity index is 1050. The second-order valence-electron chi connectivity index (χ2n) is 9.81. The van der Waals surface area contributed by atoms with Crippen molar-refractivity contribution in [1.82, 2.24) is 4.90 Å². The number of ether oxygens (including phenoxy) is 2. The normalized spacial score (nSPS) is 27.7. The monoisotopic (exact) mass is 530 g/mol. The van der Waals surface area contributed by atoms with Crippen LogP contribution < -0.4 is 4.90 Å². The van der Waals surface area contributed by atoms with Crippen LogP contribution >= 0.6 is 11.6 Å². The molecule has 3 aliphatic rings. The van der Waals surface area contributed by atoms with E-state index in [9.17, 15) is 19.5 Å². The van der Waals surface area contributed by atoms with Gasteiger partial charge in [0.2, 0.25) is 5.91 Å². The molecule has 5 atom stereocenters. The number of rotatable bonds is 13. The number of aliphatic hydroxyl groups excluding tert-OH is 1. The second-order valence-corrected chi connectivity index (χ2v) is 10.2. The minimum absolute atomic E-state index is 0.0614. The number of halogens is 1. The standard InChI is InChI=1S/C28H35ClN2O6/c1-3-5-18-36-27(35)22-21-13-14-28(37-21)23(22)25(33)31(16-9-6-10-17-32)24(28)26(34)30(15-4-2)20-12-8-7-11-19(20)29/h3-4,7-8,11-12,21-24,32H,1-2,5-6,9-10,13-18H2/t21-,22+,23+,24?,28?/m1/s1. The molecule has 0 saturated carbocycles. The fourth-order valence-electron chi connectivity index (χ4n) is 6.10. The number of carbonyl (C=O) groups is 3. The van der Waals surface area contributed by atoms with Crippen LogP contribution in [0.5, 0.6) is 0 Å². The average molecular weight is 531 g/mol. The maximum atomic E-state index is 14.3. The van der Waals surface area contributed by atoms with Crippen molar-refractivity contribution in [1.29, 1.82) is 0 Å². The van der Waals surface area contributed by atoms with Gasteiger partial charge in [0.1, 0.15) is 11.6 Å². The minimum Gasteiger partial charge on any atom is -0.465 e. The van der Waals surface area contributed by atoms with Crippen LogP contribution in [-0.2, 0) is 23.9 Å². The number of amides is 2. The van der Waals surface area contributed by atoms with Gasteiger partial charge < -0.3 is 24.4 Å². The molecule has 8 nitrogen and oxygen atoms in total.